The number of anilines is 2. The van der Waals surface area contributed by atoms with E-state index >= 15 is 0 Å². The molecule has 4 rings (SSSR count). The van der Waals surface area contributed by atoms with Gasteiger partial charge in [0, 0.05) is 44.1 Å². The van der Waals surface area contributed by atoms with E-state index in [1.807, 2.05) is 17.1 Å². The molecule has 1 fully saturated rings. The number of hydrogen-bond donors (Lipinski definition) is 1. The third-order valence-electron chi connectivity index (χ3n) is 5.23. The Kier molecular flexibility index (Phi) is 4.61. The van der Waals surface area contributed by atoms with Crippen LogP contribution >= 0.6 is 0 Å². The molecule has 1 unspecified atom stereocenters. The molecule has 0 saturated carbocycles. The molecule has 2 aliphatic rings. The lowest BCUT2D eigenvalue weighted by molar-refractivity contribution is 0.0662. The molecular weight excluding hydrogens is 326 g/mol. The Bertz CT molecular complexity index is 783. The van der Waals surface area contributed by atoms with Gasteiger partial charge in [0.05, 0.1) is 5.56 Å². The van der Waals surface area contributed by atoms with E-state index in [9.17, 15) is 4.79 Å². The lowest BCUT2D eigenvalue weighted by atomic mass is 10.1. The maximum absolute atomic E-state index is 12.5. The zero-order valence-electron chi connectivity index (χ0n) is 15.4. The first-order valence-corrected chi connectivity index (χ1v) is 9.19. The Labute approximate surface area is 154 Å². The van der Waals surface area contributed by atoms with Gasteiger partial charge < -0.3 is 9.80 Å². The van der Waals surface area contributed by atoms with Gasteiger partial charge in [0.15, 0.2) is 0 Å². The van der Waals surface area contributed by atoms with E-state index in [0.717, 1.165) is 38.4 Å². The summed E-state index contributed by atoms with van der Waals surface area (Å²) in [6, 6.07) is 12.6. The molecule has 1 atom stereocenters. The van der Waals surface area contributed by atoms with Gasteiger partial charge in [-0.1, -0.05) is 18.2 Å². The van der Waals surface area contributed by atoms with E-state index in [-0.39, 0.29) is 5.91 Å². The van der Waals surface area contributed by atoms with E-state index in [2.05, 4.69) is 58.4 Å². The summed E-state index contributed by atoms with van der Waals surface area (Å²) < 4.78 is 0. The number of hydrogen-bond acceptors (Lipinski definition) is 5. The van der Waals surface area contributed by atoms with Gasteiger partial charge in [0.1, 0.15) is 5.82 Å². The number of nitrogens with one attached hydrogen (secondary N) is 1. The number of rotatable bonds is 3. The molecule has 1 aromatic carbocycles. The molecule has 2 aromatic rings. The molecule has 136 valence electrons. The van der Waals surface area contributed by atoms with Crippen LogP contribution in [-0.2, 0) is 6.42 Å². The van der Waals surface area contributed by atoms with Crippen molar-refractivity contribution in [3.05, 3.63) is 53.7 Å². The van der Waals surface area contributed by atoms with E-state index in [1.165, 1.54) is 11.3 Å². The average Bonchev–Trinajstić information content (AvgIpc) is 2.99. The van der Waals surface area contributed by atoms with Crippen LogP contribution in [0.25, 0.3) is 0 Å². The molecule has 2 aliphatic heterocycles. The van der Waals surface area contributed by atoms with Crippen molar-refractivity contribution in [2.75, 3.05) is 38.1 Å². The number of fused-ring (bicyclic) bond motifs is 1. The number of benzene rings is 1. The Balaban J connectivity index is 1.46. The first kappa shape index (κ1) is 17.0. The summed E-state index contributed by atoms with van der Waals surface area (Å²) in [5.41, 5.74) is 6.13. The minimum atomic E-state index is -0.0940. The molecule has 1 amide bonds. The second-order valence-electron chi connectivity index (χ2n) is 7.19. The number of carbonyl (C=O) groups excluding carboxylic acids is 1. The van der Waals surface area contributed by atoms with Gasteiger partial charge in [-0.15, -0.1) is 0 Å². The molecule has 0 spiro atoms. The molecular formula is C20H25N5O. The van der Waals surface area contributed by atoms with Crippen LogP contribution in [0.3, 0.4) is 0 Å². The van der Waals surface area contributed by atoms with Crippen molar-refractivity contribution < 1.29 is 4.79 Å². The third kappa shape index (κ3) is 3.30. The van der Waals surface area contributed by atoms with Crippen LogP contribution in [0.15, 0.2) is 42.6 Å². The highest BCUT2D eigenvalue weighted by Crippen LogP contribution is 2.36. The van der Waals surface area contributed by atoms with Crippen LogP contribution in [0.5, 0.6) is 0 Å². The Morgan fingerprint density at radius 2 is 1.88 bits per heavy atom. The number of piperazine rings is 1. The van der Waals surface area contributed by atoms with Crippen molar-refractivity contribution in [1.29, 1.82) is 0 Å². The fraction of sp³-hybridized carbons (Fsp3) is 0.400. The van der Waals surface area contributed by atoms with Crippen molar-refractivity contribution in [1.82, 2.24) is 20.3 Å². The molecule has 1 N–H and O–H groups in total. The predicted molar refractivity (Wildman–Crippen MR) is 103 cm³/mol. The second kappa shape index (κ2) is 7.05. The monoisotopic (exact) mass is 351 g/mol. The number of pyridine rings is 1. The smallest absolute Gasteiger partial charge is 0.267 e. The highest BCUT2D eigenvalue weighted by Gasteiger charge is 2.27. The Morgan fingerprint density at radius 1 is 1.12 bits per heavy atom. The third-order valence-corrected chi connectivity index (χ3v) is 5.23. The zero-order chi connectivity index (χ0) is 18.1. The maximum Gasteiger partial charge on any atom is 0.267 e. The van der Waals surface area contributed by atoms with Crippen LogP contribution in [-0.4, -0.2) is 60.1 Å². The van der Waals surface area contributed by atoms with Crippen LogP contribution in [0, 0.1) is 0 Å². The van der Waals surface area contributed by atoms with Crippen LogP contribution in [0.4, 0.5) is 11.5 Å². The molecule has 6 heteroatoms. The quantitative estimate of drug-likeness (QED) is 0.917. The molecule has 0 radical (unpaired) electrons. The first-order chi connectivity index (χ1) is 12.6. The summed E-state index contributed by atoms with van der Waals surface area (Å²) in [5.74, 6) is 0.794. The molecule has 3 heterocycles. The van der Waals surface area contributed by atoms with Crippen molar-refractivity contribution in [2.45, 2.75) is 19.4 Å². The molecule has 26 heavy (non-hydrogen) atoms. The highest BCUT2D eigenvalue weighted by atomic mass is 16.2. The topological polar surface area (TPSA) is 51.7 Å². The van der Waals surface area contributed by atoms with Crippen molar-refractivity contribution in [2.24, 2.45) is 0 Å². The van der Waals surface area contributed by atoms with Crippen molar-refractivity contribution >= 4 is 17.4 Å². The minimum Gasteiger partial charge on any atom is -0.323 e. The van der Waals surface area contributed by atoms with Gasteiger partial charge >= 0.3 is 0 Å². The first-order valence-electron chi connectivity index (χ1n) is 9.19. The van der Waals surface area contributed by atoms with E-state index in [4.69, 9.17) is 0 Å². The highest BCUT2D eigenvalue weighted by molar-refractivity contribution is 5.93. The Morgan fingerprint density at radius 3 is 2.62 bits per heavy atom. The fourth-order valence-corrected chi connectivity index (χ4v) is 3.70. The molecule has 0 bridgehead atoms. The lowest BCUT2D eigenvalue weighted by Gasteiger charge is -2.32. The van der Waals surface area contributed by atoms with Crippen LogP contribution in [0.2, 0.25) is 0 Å². The largest absolute Gasteiger partial charge is 0.323 e. The standard InChI is InChI=1S/C20H25N5O/c1-15-13-16-5-3-4-6-18(16)25(15)19-8-7-17(14-21-19)20(26)22-24-11-9-23(2)10-12-24/h3-8,14-15H,9-13H2,1-2H3,(H,22,26). The summed E-state index contributed by atoms with van der Waals surface area (Å²) in [7, 11) is 2.10. The number of para-hydroxylation sites is 1. The fourth-order valence-electron chi connectivity index (χ4n) is 3.70. The van der Waals surface area contributed by atoms with E-state index < -0.39 is 0 Å². The normalized spacial score (nSPS) is 20.8. The number of amides is 1. The molecule has 1 saturated heterocycles. The van der Waals surface area contributed by atoms with Gasteiger partial charge in [-0.3, -0.25) is 10.2 Å². The molecule has 0 aliphatic carbocycles. The number of nitrogens with zero attached hydrogens (tertiary/aromatic N) is 4. The number of carbonyl (C=O) groups is 1. The number of hydrazine groups is 1. The van der Waals surface area contributed by atoms with Gasteiger partial charge in [-0.25, -0.2) is 9.99 Å². The number of likely N-dealkylation sites (N-methyl/N-ethyl adjacent to an activating group) is 1. The van der Waals surface area contributed by atoms with Gasteiger partial charge in [-0.05, 0) is 44.2 Å². The molecule has 6 nitrogen and oxygen atoms in total. The predicted octanol–water partition coefficient (Wildman–Crippen LogP) is 2.06. The summed E-state index contributed by atoms with van der Waals surface area (Å²) in [6.07, 6.45) is 2.69. The van der Waals surface area contributed by atoms with Crippen molar-refractivity contribution in [3.63, 3.8) is 0 Å². The van der Waals surface area contributed by atoms with Gasteiger partial charge in [0.2, 0.25) is 0 Å². The summed E-state index contributed by atoms with van der Waals surface area (Å²) in [6.45, 7) is 5.81. The summed E-state index contributed by atoms with van der Waals surface area (Å²) >= 11 is 0. The maximum atomic E-state index is 12.5. The second-order valence-corrected chi connectivity index (χ2v) is 7.19. The Hall–Kier alpha value is -2.44. The summed E-state index contributed by atoms with van der Waals surface area (Å²) in [5, 5.41) is 1.98. The molecule has 1 aromatic heterocycles. The van der Waals surface area contributed by atoms with E-state index in [0.29, 0.717) is 11.6 Å². The van der Waals surface area contributed by atoms with Crippen LogP contribution in [0.1, 0.15) is 22.8 Å². The van der Waals surface area contributed by atoms with Crippen LogP contribution < -0.4 is 10.3 Å². The van der Waals surface area contributed by atoms with Gasteiger partial charge in [0.25, 0.3) is 5.91 Å². The SMILES string of the molecule is CC1Cc2ccccc2N1c1ccc(C(=O)NN2CCN(C)CC2)cn1. The zero-order valence-corrected chi connectivity index (χ0v) is 15.4. The summed E-state index contributed by atoms with van der Waals surface area (Å²) in [4.78, 5) is 21.5. The van der Waals surface area contributed by atoms with Crippen molar-refractivity contribution in [3.8, 4) is 0 Å². The van der Waals surface area contributed by atoms with Gasteiger partial charge in [-0.2, -0.15) is 0 Å². The van der Waals surface area contributed by atoms with E-state index in [1.54, 1.807) is 6.20 Å². The number of aromatic nitrogens is 1. The minimum absolute atomic E-state index is 0.0940. The lowest BCUT2D eigenvalue weighted by Crippen LogP contribution is -2.52. The average molecular weight is 351 g/mol.